The monoisotopic (exact) mass is 276 g/mol. The lowest BCUT2D eigenvalue weighted by molar-refractivity contribution is 0.0693. The van der Waals surface area contributed by atoms with Gasteiger partial charge in [0, 0.05) is 5.69 Å². The van der Waals surface area contributed by atoms with Crippen molar-refractivity contribution in [1.29, 1.82) is 0 Å². The lowest BCUT2D eigenvalue weighted by Crippen LogP contribution is -2.28. The molecule has 0 aliphatic heterocycles. The molecule has 20 heavy (non-hydrogen) atoms. The molecule has 2 rings (SSSR count). The summed E-state index contributed by atoms with van der Waals surface area (Å²) in [6.07, 6.45) is 1.49. The molecule has 0 bridgehead atoms. The van der Waals surface area contributed by atoms with E-state index in [1.807, 2.05) is 0 Å². The molecular weight excluding hydrogens is 264 g/mol. The van der Waals surface area contributed by atoms with E-state index in [4.69, 9.17) is 9.52 Å². The molecule has 1 heterocycles. The summed E-state index contributed by atoms with van der Waals surface area (Å²) in [5, 5.41) is 23.2. The molecule has 7 heteroatoms. The summed E-state index contributed by atoms with van der Waals surface area (Å²) in [6, 6.07) is 6.67. The molecule has 2 amide bonds. The van der Waals surface area contributed by atoms with E-state index in [1.165, 1.54) is 24.5 Å². The molecule has 2 aromatic rings. The first-order valence-corrected chi connectivity index (χ1v) is 5.70. The number of anilines is 1. The minimum atomic E-state index is -1.28. The zero-order valence-electron chi connectivity index (χ0n) is 10.3. The Morgan fingerprint density at radius 3 is 2.70 bits per heavy atom. The average molecular weight is 276 g/mol. The number of benzene rings is 1. The highest BCUT2D eigenvalue weighted by Gasteiger charge is 2.11. The van der Waals surface area contributed by atoms with E-state index in [2.05, 4.69) is 10.6 Å². The second-order valence-corrected chi connectivity index (χ2v) is 3.92. The topological polar surface area (TPSA) is 112 Å². The van der Waals surface area contributed by atoms with Crippen molar-refractivity contribution in [1.82, 2.24) is 5.32 Å². The van der Waals surface area contributed by atoms with E-state index in [1.54, 1.807) is 12.1 Å². The summed E-state index contributed by atoms with van der Waals surface area (Å²) in [5.74, 6) is -1.04. The number of hydrogen-bond acceptors (Lipinski definition) is 4. The summed E-state index contributed by atoms with van der Waals surface area (Å²) in [7, 11) is 0. The molecule has 0 radical (unpaired) electrons. The summed E-state index contributed by atoms with van der Waals surface area (Å²) in [5.41, 5.74) is -0.0222. The fourth-order valence-corrected chi connectivity index (χ4v) is 1.54. The van der Waals surface area contributed by atoms with Gasteiger partial charge in [-0.25, -0.2) is 9.59 Å². The molecule has 1 aromatic carbocycles. The number of phenols is 1. The summed E-state index contributed by atoms with van der Waals surface area (Å²) >= 11 is 0. The first-order valence-electron chi connectivity index (χ1n) is 5.70. The zero-order chi connectivity index (χ0) is 14.5. The molecule has 4 N–H and O–H groups in total. The number of amides is 2. The fourth-order valence-electron chi connectivity index (χ4n) is 1.54. The van der Waals surface area contributed by atoms with Crippen LogP contribution >= 0.6 is 0 Å². The quantitative estimate of drug-likeness (QED) is 0.638. The Hall–Kier alpha value is -2.96. The van der Waals surface area contributed by atoms with Crippen molar-refractivity contribution in [3.8, 4) is 5.75 Å². The molecule has 104 valence electrons. The molecule has 0 saturated heterocycles. The van der Waals surface area contributed by atoms with Gasteiger partial charge in [0.15, 0.2) is 0 Å². The van der Waals surface area contributed by atoms with E-state index in [9.17, 15) is 14.7 Å². The highest BCUT2D eigenvalue weighted by Crippen LogP contribution is 2.21. The smallest absolute Gasteiger partial charge is 0.339 e. The van der Waals surface area contributed by atoms with Crippen molar-refractivity contribution in [2.75, 3.05) is 5.32 Å². The zero-order valence-corrected chi connectivity index (χ0v) is 10.3. The van der Waals surface area contributed by atoms with Crippen molar-refractivity contribution >= 4 is 17.7 Å². The number of urea groups is 1. The fraction of sp³-hybridized carbons (Fsp3) is 0.0769. The molecular formula is C13H12N2O5. The van der Waals surface area contributed by atoms with Gasteiger partial charge >= 0.3 is 12.0 Å². The lowest BCUT2D eigenvalue weighted by Gasteiger charge is -2.08. The molecule has 0 aliphatic rings. The number of nitrogens with one attached hydrogen (secondary N) is 2. The normalized spacial score (nSPS) is 10.0. The van der Waals surface area contributed by atoms with E-state index in [0.717, 1.165) is 0 Å². The van der Waals surface area contributed by atoms with Gasteiger partial charge in [0.1, 0.15) is 17.1 Å². The van der Waals surface area contributed by atoms with E-state index < -0.39 is 12.0 Å². The Balaban J connectivity index is 1.97. The largest absolute Gasteiger partial charge is 0.507 e. The molecule has 0 saturated carbocycles. The Morgan fingerprint density at radius 2 is 2.05 bits per heavy atom. The summed E-state index contributed by atoms with van der Waals surface area (Å²) in [6.45, 7) is 0.211. The minimum Gasteiger partial charge on any atom is -0.507 e. The molecule has 0 fully saturated rings. The third-order valence-electron chi connectivity index (χ3n) is 2.49. The Bertz CT molecular complexity index is 622. The van der Waals surface area contributed by atoms with Gasteiger partial charge in [-0.2, -0.15) is 0 Å². The SMILES string of the molecule is O=C(NCc1ccco1)Nc1ccc(O)c(C(=O)O)c1. The third kappa shape index (κ3) is 3.29. The summed E-state index contributed by atoms with van der Waals surface area (Å²) < 4.78 is 5.05. The maximum Gasteiger partial charge on any atom is 0.339 e. The van der Waals surface area contributed by atoms with Crippen LogP contribution in [0.4, 0.5) is 10.5 Å². The van der Waals surface area contributed by atoms with Crippen molar-refractivity contribution in [2.45, 2.75) is 6.54 Å². The van der Waals surface area contributed by atoms with Gasteiger partial charge in [-0.3, -0.25) is 0 Å². The van der Waals surface area contributed by atoms with Gasteiger partial charge in [-0.1, -0.05) is 0 Å². The lowest BCUT2D eigenvalue weighted by atomic mass is 10.2. The number of aromatic carboxylic acids is 1. The van der Waals surface area contributed by atoms with Gasteiger partial charge < -0.3 is 25.3 Å². The van der Waals surface area contributed by atoms with Crippen LogP contribution in [-0.4, -0.2) is 22.2 Å². The van der Waals surface area contributed by atoms with Crippen LogP contribution in [-0.2, 0) is 6.54 Å². The van der Waals surface area contributed by atoms with Crippen molar-refractivity contribution in [3.63, 3.8) is 0 Å². The number of furan rings is 1. The highest BCUT2D eigenvalue weighted by atomic mass is 16.4. The van der Waals surface area contributed by atoms with Crippen LogP contribution in [0.1, 0.15) is 16.1 Å². The molecule has 0 spiro atoms. The minimum absolute atomic E-state index is 0.211. The van der Waals surface area contributed by atoms with Crippen LogP contribution in [0.25, 0.3) is 0 Å². The van der Waals surface area contributed by atoms with Gasteiger partial charge in [-0.05, 0) is 30.3 Å². The average Bonchev–Trinajstić information content (AvgIpc) is 2.91. The molecule has 1 aromatic heterocycles. The number of carbonyl (C=O) groups is 2. The number of hydrogen-bond donors (Lipinski definition) is 4. The van der Waals surface area contributed by atoms with Gasteiger partial charge in [-0.15, -0.1) is 0 Å². The van der Waals surface area contributed by atoms with Crippen LogP contribution in [0.3, 0.4) is 0 Å². The third-order valence-corrected chi connectivity index (χ3v) is 2.49. The molecule has 0 unspecified atom stereocenters. The standard InChI is InChI=1S/C13H12N2O5/c16-11-4-3-8(6-10(11)12(17)18)15-13(19)14-7-9-2-1-5-20-9/h1-6,16H,7H2,(H,17,18)(H2,14,15,19). The van der Waals surface area contributed by atoms with Crippen molar-refractivity contribution < 1.29 is 24.2 Å². The highest BCUT2D eigenvalue weighted by molar-refractivity contribution is 5.95. The maximum atomic E-state index is 11.6. The van der Waals surface area contributed by atoms with E-state index >= 15 is 0 Å². The second-order valence-electron chi connectivity index (χ2n) is 3.92. The molecule has 0 atom stereocenters. The molecule has 7 nitrogen and oxygen atoms in total. The van der Waals surface area contributed by atoms with Gasteiger partial charge in [0.2, 0.25) is 0 Å². The number of aromatic hydroxyl groups is 1. The van der Waals surface area contributed by atoms with Crippen LogP contribution in [0.15, 0.2) is 41.0 Å². The summed E-state index contributed by atoms with van der Waals surface area (Å²) in [4.78, 5) is 22.4. The van der Waals surface area contributed by atoms with Crippen LogP contribution in [0, 0.1) is 0 Å². The Kier molecular flexibility index (Phi) is 3.90. The van der Waals surface area contributed by atoms with Crippen LogP contribution < -0.4 is 10.6 Å². The predicted octanol–water partition coefficient (Wildman–Crippen LogP) is 2.01. The second kappa shape index (κ2) is 5.79. The van der Waals surface area contributed by atoms with E-state index in [-0.39, 0.29) is 23.5 Å². The maximum absolute atomic E-state index is 11.6. The van der Waals surface area contributed by atoms with Gasteiger partial charge in [0.05, 0.1) is 12.8 Å². The Morgan fingerprint density at radius 1 is 1.25 bits per heavy atom. The number of carbonyl (C=O) groups excluding carboxylic acids is 1. The number of carboxylic acids is 1. The first-order chi connectivity index (χ1) is 9.56. The van der Waals surface area contributed by atoms with Crippen LogP contribution in [0.2, 0.25) is 0 Å². The van der Waals surface area contributed by atoms with Crippen molar-refractivity contribution in [2.24, 2.45) is 0 Å². The van der Waals surface area contributed by atoms with Gasteiger partial charge in [0.25, 0.3) is 0 Å². The van der Waals surface area contributed by atoms with Crippen LogP contribution in [0.5, 0.6) is 5.75 Å². The first kappa shape index (κ1) is 13.5. The van der Waals surface area contributed by atoms with E-state index in [0.29, 0.717) is 5.76 Å². The van der Waals surface area contributed by atoms with Crippen molar-refractivity contribution in [3.05, 3.63) is 47.9 Å². The Labute approximate surface area is 113 Å². The predicted molar refractivity (Wildman–Crippen MR) is 69.6 cm³/mol. The molecule has 0 aliphatic carbocycles. The number of rotatable bonds is 4. The number of carboxylic acid groups (broad SMARTS) is 1.